The molecule has 2 atom stereocenters. The van der Waals surface area contributed by atoms with Crippen LogP contribution in [-0.2, 0) is 0 Å². The molecule has 1 amide bonds. The Hall–Kier alpha value is -2.45. The van der Waals surface area contributed by atoms with E-state index in [0.29, 0.717) is 0 Å². The summed E-state index contributed by atoms with van der Waals surface area (Å²) in [6, 6.07) is 0.856. The number of piperidine rings is 1. The molecule has 1 N–H and O–H groups in total. The zero-order valence-corrected chi connectivity index (χ0v) is 13.8. The highest BCUT2D eigenvalue weighted by atomic mass is 19.1. The van der Waals surface area contributed by atoms with Gasteiger partial charge in [0.15, 0.2) is 0 Å². The zero-order chi connectivity index (χ0) is 18.1. The van der Waals surface area contributed by atoms with Gasteiger partial charge in [0, 0.05) is 31.2 Å². The van der Waals surface area contributed by atoms with Gasteiger partial charge in [0.25, 0.3) is 0 Å². The monoisotopic (exact) mass is 340 g/mol. The van der Waals surface area contributed by atoms with Gasteiger partial charge in [-0.1, -0.05) is 0 Å². The van der Waals surface area contributed by atoms with Gasteiger partial charge in [-0.15, -0.1) is 0 Å². The number of anilines is 1. The number of rotatable bonds is 3. The number of nitro groups is 1. The molecule has 0 aromatic carbocycles. The summed E-state index contributed by atoms with van der Waals surface area (Å²) < 4.78 is 14.3. The van der Waals surface area contributed by atoms with Gasteiger partial charge in [-0.25, -0.2) is 9.18 Å². The van der Waals surface area contributed by atoms with Crippen LogP contribution in [0.25, 0.3) is 0 Å². The SMILES string of the molecule is CC(C)(C)N(C(=O)O)[C@H]1C[C@@H](F)CN(c2ccncc2[N+](=O)[O-])C1. The smallest absolute Gasteiger partial charge is 0.408 e. The lowest BCUT2D eigenvalue weighted by Crippen LogP contribution is -2.59. The minimum absolute atomic E-state index is 0.0149. The first-order valence-corrected chi connectivity index (χ1v) is 7.61. The summed E-state index contributed by atoms with van der Waals surface area (Å²) in [5, 5.41) is 20.7. The van der Waals surface area contributed by atoms with Crippen LogP contribution in [0.15, 0.2) is 18.5 Å². The summed E-state index contributed by atoms with van der Waals surface area (Å²) in [4.78, 5) is 28.7. The van der Waals surface area contributed by atoms with Crippen LogP contribution in [0.1, 0.15) is 27.2 Å². The van der Waals surface area contributed by atoms with Crippen molar-refractivity contribution in [1.82, 2.24) is 9.88 Å². The Kier molecular flexibility index (Phi) is 4.91. The maximum atomic E-state index is 14.3. The molecule has 132 valence electrons. The molecule has 9 heteroatoms. The van der Waals surface area contributed by atoms with Crippen molar-refractivity contribution in [1.29, 1.82) is 0 Å². The molecule has 0 spiro atoms. The van der Waals surface area contributed by atoms with E-state index < -0.39 is 28.8 Å². The topological polar surface area (TPSA) is 99.8 Å². The van der Waals surface area contributed by atoms with Crippen molar-refractivity contribution in [2.45, 2.75) is 44.9 Å². The summed E-state index contributed by atoms with van der Waals surface area (Å²) in [5.41, 5.74) is -0.673. The van der Waals surface area contributed by atoms with E-state index in [2.05, 4.69) is 4.98 Å². The number of pyridine rings is 1. The van der Waals surface area contributed by atoms with Crippen LogP contribution in [-0.4, -0.2) is 56.8 Å². The van der Waals surface area contributed by atoms with Crippen LogP contribution < -0.4 is 4.90 Å². The summed E-state index contributed by atoms with van der Waals surface area (Å²) in [7, 11) is 0. The molecule has 1 aliphatic rings. The molecule has 1 saturated heterocycles. The summed E-state index contributed by atoms with van der Waals surface area (Å²) in [6.45, 7) is 5.39. The quantitative estimate of drug-likeness (QED) is 0.671. The first kappa shape index (κ1) is 17.9. The summed E-state index contributed by atoms with van der Waals surface area (Å²) in [5.74, 6) is 0. The molecule has 0 unspecified atom stereocenters. The third-order valence-corrected chi connectivity index (χ3v) is 3.99. The Balaban J connectivity index is 2.35. The fourth-order valence-corrected chi connectivity index (χ4v) is 3.17. The molecule has 24 heavy (non-hydrogen) atoms. The second-order valence-corrected chi connectivity index (χ2v) is 6.84. The Morgan fingerprint density at radius 1 is 1.50 bits per heavy atom. The molecule has 1 fully saturated rings. The Morgan fingerprint density at radius 3 is 2.71 bits per heavy atom. The molecule has 1 aromatic rings. The molecule has 0 radical (unpaired) electrons. The van der Waals surface area contributed by atoms with Gasteiger partial charge < -0.3 is 10.0 Å². The van der Waals surface area contributed by atoms with Gasteiger partial charge in [-0.3, -0.25) is 20.0 Å². The lowest BCUT2D eigenvalue weighted by molar-refractivity contribution is -0.384. The van der Waals surface area contributed by atoms with Crippen LogP contribution in [0.3, 0.4) is 0 Å². The number of carbonyl (C=O) groups is 1. The average Bonchev–Trinajstić information content (AvgIpc) is 2.44. The van der Waals surface area contributed by atoms with Crippen LogP contribution in [0.2, 0.25) is 0 Å². The van der Waals surface area contributed by atoms with Crippen molar-refractivity contribution in [2.24, 2.45) is 0 Å². The molecule has 1 aromatic heterocycles. The first-order valence-electron chi connectivity index (χ1n) is 7.61. The van der Waals surface area contributed by atoms with Gasteiger partial charge in [0.2, 0.25) is 0 Å². The minimum Gasteiger partial charge on any atom is -0.465 e. The van der Waals surface area contributed by atoms with Gasteiger partial charge in [-0.05, 0) is 26.8 Å². The van der Waals surface area contributed by atoms with E-state index in [0.717, 1.165) is 6.20 Å². The van der Waals surface area contributed by atoms with Crippen molar-refractivity contribution in [3.8, 4) is 0 Å². The predicted octanol–water partition coefficient (Wildman–Crippen LogP) is 2.69. The second-order valence-electron chi connectivity index (χ2n) is 6.84. The number of amides is 1. The van der Waals surface area contributed by atoms with Crippen molar-refractivity contribution in [2.75, 3.05) is 18.0 Å². The third kappa shape index (κ3) is 3.72. The third-order valence-electron chi connectivity index (χ3n) is 3.99. The molecule has 0 saturated carbocycles. The predicted molar refractivity (Wildman–Crippen MR) is 86.0 cm³/mol. The minimum atomic E-state index is -1.28. The van der Waals surface area contributed by atoms with E-state index in [-0.39, 0.29) is 30.9 Å². The molecule has 2 rings (SSSR count). The second kappa shape index (κ2) is 6.58. The first-order chi connectivity index (χ1) is 11.1. The lowest BCUT2D eigenvalue weighted by Gasteiger charge is -2.45. The van der Waals surface area contributed by atoms with Crippen LogP contribution in [0, 0.1) is 10.1 Å². The maximum Gasteiger partial charge on any atom is 0.408 e. The number of nitrogens with zero attached hydrogens (tertiary/aromatic N) is 4. The Bertz CT molecular complexity index is 634. The largest absolute Gasteiger partial charge is 0.465 e. The molecule has 8 nitrogen and oxygen atoms in total. The molecular formula is C15H21FN4O4. The highest BCUT2D eigenvalue weighted by Gasteiger charge is 2.39. The number of aromatic nitrogens is 1. The van der Waals surface area contributed by atoms with E-state index in [1.54, 1.807) is 20.8 Å². The van der Waals surface area contributed by atoms with E-state index in [1.165, 1.54) is 22.1 Å². The average molecular weight is 340 g/mol. The van der Waals surface area contributed by atoms with Crippen LogP contribution >= 0.6 is 0 Å². The van der Waals surface area contributed by atoms with Gasteiger partial charge >= 0.3 is 11.8 Å². The van der Waals surface area contributed by atoms with Gasteiger partial charge in [0.1, 0.15) is 18.1 Å². The molecule has 0 bridgehead atoms. The highest BCUT2D eigenvalue weighted by molar-refractivity contribution is 5.67. The van der Waals surface area contributed by atoms with Gasteiger partial charge in [0.05, 0.1) is 11.0 Å². The number of hydrogen-bond donors (Lipinski definition) is 1. The van der Waals surface area contributed by atoms with Crippen LogP contribution in [0.4, 0.5) is 20.6 Å². The Labute approximate surface area is 139 Å². The van der Waals surface area contributed by atoms with Crippen molar-refractivity contribution in [3.63, 3.8) is 0 Å². The number of alkyl halides is 1. The van der Waals surface area contributed by atoms with Gasteiger partial charge in [-0.2, -0.15) is 0 Å². The lowest BCUT2D eigenvalue weighted by atomic mass is 9.96. The maximum absolute atomic E-state index is 14.3. The number of hydrogen-bond acceptors (Lipinski definition) is 5. The molecule has 2 heterocycles. The number of carboxylic acid groups (broad SMARTS) is 1. The van der Waals surface area contributed by atoms with Crippen molar-refractivity contribution < 1.29 is 19.2 Å². The van der Waals surface area contributed by atoms with Crippen molar-refractivity contribution >= 4 is 17.5 Å². The summed E-state index contributed by atoms with van der Waals surface area (Å²) >= 11 is 0. The Morgan fingerprint density at radius 2 is 2.17 bits per heavy atom. The normalized spacial score (nSPS) is 21.4. The molecular weight excluding hydrogens is 319 g/mol. The van der Waals surface area contributed by atoms with E-state index in [9.17, 15) is 24.4 Å². The zero-order valence-electron chi connectivity index (χ0n) is 13.8. The van der Waals surface area contributed by atoms with E-state index in [4.69, 9.17) is 0 Å². The summed E-state index contributed by atoms with van der Waals surface area (Å²) in [6.07, 6.45) is 0.174. The highest BCUT2D eigenvalue weighted by Crippen LogP contribution is 2.32. The standard InChI is InChI=1S/C15H21FN4O4/c1-15(2,3)19(14(21)22)11-6-10(16)8-18(9-11)12-4-5-17-7-13(12)20(23)24/h4-5,7,10-11H,6,8-9H2,1-3H3,(H,21,22)/t10-,11+/m1/s1. The fraction of sp³-hybridized carbons (Fsp3) is 0.600. The van der Waals surface area contributed by atoms with E-state index in [1.807, 2.05) is 0 Å². The van der Waals surface area contributed by atoms with E-state index >= 15 is 0 Å². The molecule has 1 aliphatic heterocycles. The molecule has 0 aliphatic carbocycles. The number of halogens is 1. The van der Waals surface area contributed by atoms with Crippen molar-refractivity contribution in [3.05, 3.63) is 28.6 Å². The van der Waals surface area contributed by atoms with Crippen LogP contribution in [0.5, 0.6) is 0 Å². The fourth-order valence-electron chi connectivity index (χ4n) is 3.17.